The van der Waals surface area contributed by atoms with Gasteiger partial charge in [0.25, 0.3) is 5.69 Å². The zero-order chi connectivity index (χ0) is 13.9. The van der Waals surface area contributed by atoms with Gasteiger partial charge in [-0.05, 0) is 13.0 Å². The molecule has 1 aromatic rings. The quantitative estimate of drug-likeness (QED) is 0.523. The maximum absolute atomic E-state index is 13.6. The first-order chi connectivity index (χ1) is 8.36. The molecule has 0 fully saturated rings. The molecule has 0 heterocycles. The highest BCUT2D eigenvalue weighted by atomic mass is 79.9. The number of rotatable bonds is 4. The minimum atomic E-state index is -0.899. The number of halogens is 2. The Morgan fingerprint density at radius 1 is 1.61 bits per heavy atom. The lowest BCUT2D eigenvalue weighted by atomic mass is 10.2. The Bertz CT molecular complexity index is 495. The molecule has 1 rings (SSSR count). The second kappa shape index (κ2) is 5.76. The lowest BCUT2D eigenvalue weighted by Gasteiger charge is -2.13. The first-order valence-electron chi connectivity index (χ1n) is 4.84. The smallest absolute Gasteiger partial charge is 0.327 e. The Labute approximate surface area is 110 Å². The monoisotopic (exact) mass is 320 g/mol. The molecule has 8 heteroatoms. The van der Waals surface area contributed by atoms with Gasteiger partial charge in [-0.3, -0.25) is 10.1 Å². The number of nitro groups is 1. The molecule has 0 amide bonds. The van der Waals surface area contributed by atoms with E-state index in [0.717, 1.165) is 12.1 Å². The summed E-state index contributed by atoms with van der Waals surface area (Å²) in [7, 11) is 1.17. The van der Waals surface area contributed by atoms with E-state index < -0.39 is 28.4 Å². The van der Waals surface area contributed by atoms with Crippen molar-refractivity contribution in [2.24, 2.45) is 0 Å². The fraction of sp³-hybridized carbons (Fsp3) is 0.300. The number of hydrogen-bond acceptors (Lipinski definition) is 5. The maximum atomic E-state index is 13.6. The first kappa shape index (κ1) is 14.4. The van der Waals surface area contributed by atoms with Gasteiger partial charge in [0.2, 0.25) is 0 Å². The number of esters is 1. The predicted molar refractivity (Wildman–Crippen MR) is 65.9 cm³/mol. The summed E-state index contributed by atoms with van der Waals surface area (Å²) in [5.74, 6) is -1.47. The number of anilines is 1. The second-order valence-corrected chi connectivity index (χ2v) is 4.34. The molecule has 0 aliphatic carbocycles. The third-order valence-electron chi connectivity index (χ3n) is 2.15. The van der Waals surface area contributed by atoms with Gasteiger partial charge >= 0.3 is 5.97 Å². The number of methoxy groups -OCH3 is 1. The van der Waals surface area contributed by atoms with Crippen molar-refractivity contribution < 1.29 is 18.8 Å². The van der Waals surface area contributed by atoms with E-state index >= 15 is 0 Å². The van der Waals surface area contributed by atoms with Gasteiger partial charge in [-0.2, -0.15) is 0 Å². The highest BCUT2D eigenvalue weighted by molar-refractivity contribution is 9.10. The van der Waals surface area contributed by atoms with E-state index in [1.165, 1.54) is 14.0 Å². The summed E-state index contributed by atoms with van der Waals surface area (Å²) in [4.78, 5) is 21.3. The van der Waals surface area contributed by atoms with Gasteiger partial charge < -0.3 is 10.1 Å². The van der Waals surface area contributed by atoms with Gasteiger partial charge in [-0.25, -0.2) is 9.18 Å². The molecule has 98 valence electrons. The molecular weight excluding hydrogens is 311 g/mol. The minimum absolute atomic E-state index is 0.239. The third kappa shape index (κ3) is 3.16. The molecule has 0 spiro atoms. The van der Waals surface area contributed by atoms with Crippen molar-refractivity contribution in [3.63, 3.8) is 0 Å². The topological polar surface area (TPSA) is 81.5 Å². The van der Waals surface area contributed by atoms with Gasteiger partial charge in [0.05, 0.1) is 12.0 Å². The largest absolute Gasteiger partial charge is 0.467 e. The Kier molecular flexibility index (Phi) is 4.60. The van der Waals surface area contributed by atoms with Crippen LogP contribution in [0.1, 0.15) is 6.92 Å². The number of carbonyl (C=O) groups excluding carboxylic acids is 1. The molecular formula is C10H10BrFN2O4. The number of nitrogens with one attached hydrogen (secondary N) is 1. The van der Waals surface area contributed by atoms with E-state index in [4.69, 9.17) is 0 Å². The summed E-state index contributed by atoms with van der Waals surface area (Å²) in [5.41, 5.74) is -0.807. The van der Waals surface area contributed by atoms with Crippen molar-refractivity contribution in [2.45, 2.75) is 13.0 Å². The molecule has 0 aliphatic rings. The fourth-order valence-corrected chi connectivity index (χ4v) is 1.72. The average Bonchev–Trinajstić information content (AvgIpc) is 2.30. The zero-order valence-electron chi connectivity index (χ0n) is 9.57. The van der Waals surface area contributed by atoms with Gasteiger partial charge in [0, 0.05) is 10.5 Å². The normalized spacial score (nSPS) is 11.8. The lowest BCUT2D eigenvalue weighted by molar-refractivity contribution is -0.384. The molecule has 1 aromatic carbocycles. The maximum Gasteiger partial charge on any atom is 0.327 e. The Balaban J connectivity index is 3.15. The van der Waals surface area contributed by atoms with Crippen molar-refractivity contribution in [1.29, 1.82) is 0 Å². The summed E-state index contributed by atoms with van der Waals surface area (Å²) in [6.07, 6.45) is 0. The molecule has 0 aromatic heterocycles. The standard InChI is InChI=1S/C10H10BrFN2O4/c1-5(10(15)18-2)13-9-7(12)3-6(11)4-8(9)14(16)17/h3-5,13H,1-2H3/t5-/m0/s1. The molecule has 0 saturated heterocycles. The third-order valence-corrected chi connectivity index (χ3v) is 2.60. The Morgan fingerprint density at radius 3 is 2.72 bits per heavy atom. The van der Waals surface area contributed by atoms with E-state index in [-0.39, 0.29) is 10.2 Å². The van der Waals surface area contributed by atoms with Crippen LogP contribution in [-0.4, -0.2) is 24.0 Å². The summed E-state index contributed by atoms with van der Waals surface area (Å²) < 4.78 is 18.3. The molecule has 0 aliphatic heterocycles. The Hall–Kier alpha value is -1.70. The number of ether oxygens (including phenoxy) is 1. The molecule has 18 heavy (non-hydrogen) atoms. The van der Waals surface area contributed by atoms with Crippen LogP contribution in [-0.2, 0) is 9.53 Å². The molecule has 1 atom stereocenters. The fourth-order valence-electron chi connectivity index (χ4n) is 1.30. The van der Waals surface area contributed by atoms with Crippen LogP contribution < -0.4 is 5.32 Å². The molecule has 0 radical (unpaired) electrons. The van der Waals surface area contributed by atoms with Crippen molar-refractivity contribution in [1.82, 2.24) is 0 Å². The van der Waals surface area contributed by atoms with Gasteiger partial charge in [-0.1, -0.05) is 15.9 Å². The predicted octanol–water partition coefficient (Wildman–Crippen LogP) is 2.47. The van der Waals surface area contributed by atoms with Crippen LogP contribution in [0.4, 0.5) is 15.8 Å². The molecule has 0 unspecified atom stereocenters. The highest BCUT2D eigenvalue weighted by Crippen LogP contribution is 2.31. The van der Waals surface area contributed by atoms with Gasteiger partial charge in [-0.15, -0.1) is 0 Å². The summed E-state index contributed by atoms with van der Waals surface area (Å²) >= 11 is 2.96. The van der Waals surface area contributed by atoms with E-state index in [1.807, 2.05) is 0 Å². The number of carbonyl (C=O) groups is 1. The van der Waals surface area contributed by atoms with Crippen molar-refractivity contribution >= 4 is 33.3 Å². The Morgan fingerprint density at radius 2 is 2.22 bits per heavy atom. The lowest BCUT2D eigenvalue weighted by Crippen LogP contribution is -2.28. The highest BCUT2D eigenvalue weighted by Gasteiger charge is 2.23. The second-order valence-electron chi connectivity index (χ2n) is 3.43. The number of hydrogen-bond donors (Lipinski definition) is 1. The van der Waals surface area contributed by atoms with Crippen molar-refractivity contribution in [2.75, 3.05) is 12.4 Å². The number of nitrogens with zero attached hydrogens (tertiary/aromatic N) is 1. The minimum Gasteiger partial charge on any atom is -0.467 e. The average molecular weight is 321 g/mol. The first-order valence-corrected chi connectivity index (χ1v) is 5.64. The van der Waals surface area contributed by atoms with Crippen molar-refractivity contribution in [3.8, 4) is 0 Å². The van der Waals surface area contributed by atoms with Crippen LogP contribution in [0, 0.1) is 15.9 Å². The van der Waals surface area contributed by atoms with Crippen LogP contribution in [0.15, 0.2) is 16.6 Å². The number of nitro benzene ring substituents is 1. The van der Waals surface area contributed by atoms with Crippen LogP contribution >= 0.6 is 15.9 Å². The molecule has 0 saturated carbocycles. The molecule has 0 bridgehead atoms. The molecule has 6 nitrogen and oxygen atoms in total. The van der Waals surface area contributed by atoms with Crippen molar-refractivity contribution in [3.05, 3.63) is 32.5 Å². The summed E-state index contributed by atoms with van der Waals surface area (Å²) in [6.45, 7) is 1.41. The van der Waals surface area contributed by atoms with E-state index in [9.17, 15) is 19.3 Å². The van der Waals surface area contributed by atoms with Crippen LogP contribution in [0.5, 0.6) is 0 Å². The van der Waals surface area contributed by atoms with E-state index in [1.54, 1.807) is 0 Å². The van der Waals surface area contributed by atoms with E-state index in [0.29, 0.717) is 0 Å². The zero-order valence-corrected chi connectivity index (χ0v) is 11.2. The SMILES string of the molecule is COC(=O)[C@H](C)Nc1c(F)cc(Br)cc1[N+](=O)[O-]. The summed E-state index contributed by atoms with van der Waals surface area (Å²) in [5, 5.41) is 13.2. The van der Waals surface area contributed by atoms with Gasteiger partial charge in [0.15, 0.2) is 5.82 Å². The van der Waals surface area contributed by atoms with Crippen LogP contribution in [0.3, 0.4) is 0 Å². The van der Waals surface area contributed by atoms with Gasteiger partial charge in [0.1, 0.15) is 11.7 Å². The van der Waals surface area contributed by atoms with E-state index in [2.05, 4.69) is 26.0 Å². The summed E-state index contributed by atoms with van der Waals surface area (Å²) in [6, 6.07) is 1.32. The number of benzene rings is 1. The molecule has 1 N–H and O–H groups in total. The van der Waals surface area contributed by atoms with Crippen LogP contribution in [0.2, 0.25) is 0 Å². The van der Waals surface area contributed by atoms with Crippen LogP contribution in [0.25, 0.3) is 0 Å².